The number of benzene rings is 1. The molecule has 1 aromatic heterocycles. The van der Waals surface area contributed by atoms with Crippen molar-refractivity contribution in [3.8, 4) is 0 Å². The van der Waals surface area contributed by atoms with Crippen LogP contribution in [0.5, 0.6) is 0 Å². The van der Waals surface area contributed by atoms with E-state index in [0.717, 1.165) is 11.4 Å². The van der Waals surface area contributed by atoms with E-state index in [1.165, 1.54) is 6.92 Å². The van der Waals surface area contributed by atoms with Crippen molar-refractivity contribution in [3.05, 3.63) is 60.4 Å². The summed E-state index contributed by atoms with van der Waals surface area (Å²) in [4.78, 5) is 29.3. The van der Waals surface area contributed by atoms with Crippen LogP contribution in [0.25, 0.3) is 0 Å². The van der Waals surface area contributed by atoms with Gasteiger partial charge in [-0.2, -0.15) is 0 Å². The van der Waals surface area contributed by atoms with Crippen LogP contribution in [0.4, 0.5) is 10.5 Å². The zero-order chi connectivity index (χ0) is 16.5. The van der Waals surface area contributed by atoms with E-state index in [0.29, 0.717) is 19.6 Å². The molecule has 2 aromatic rings. The largest absolute Gasteiger partial charge is 0.336 e. The smallest absolute Gasteiger partial charge is 0.319 e. The van der Waals surface area contributed by atoms with Crippen LogP contribution in [0.3, 0.4) is 0 Å². The molecular weight excluding hydrogens is 292 g/mol. The van der Waals surface area contributed by atoms with Gasteiger partial charge in [-0.15, -0.1) is 0 Å². The fraction of sp³-hybridized carbons (Fsp3) is 0.235. The fourth-order valence-electron chi connectivity index (χ4n) is 2.04. The number of nitrogens with zero attached hydrogens (tertiary/aromatic N) is 2. The van der Waals surface area contributed by atoms with Crippen molar-refractivity contribution >= 4 is 17.6 Å². The van der Waals surface area contributed by atoms with Crippen molar-refractivity contribution in [1.82, 2.24) is 15.2 Å². The van der Waals surface area contributed by atoms with Gasteiger partial charge in [-0.05, 0) is 24.3 Å². The van der Waals surface area contributed by atoms with Crippen LogP contribution in [-0.4, -0.2) is 34.9 Å². The molecule has 1 heterocycles. The monoisotopic (exact) mass is 312 g/mol. The van der Waals surface area contributed by atoms with Gasteiger partial charge in [0.2, 0.25) is 5.91 Å². The molecule has 0 spiro atoms. The summed E-state index contributed by atoms with van der Waals surface area (Å²) < 4.78 is 0. The summed E-state index contributed by atoms with van der Waals surface area (Å²) in [6.45, 7) is 2.73. The molecule has 120 valence electrons. The maximum Gasteiger partial charge on any atom is 0.319 e. The lowest BCUT2D eigenvalue weighted by Gasteiger charge is -2.20. The second-order valence-corrected chi connectivity index (χ2v) is 5.01. The number of nitrogens with one attached hydrogen (secondary N) is 2. The molecule has 0 aliphatic rings. The first-order valence-corrected chi connectivity index (χ1v) is 7.40. The maximum absolute atomic E-state index is 11.8. The number of para-hydroxylation sites is 1. The van der Waals surface area contributed by atoms with Crippen molar-refractivity contribution in [2.45, 2.75) is 13.5 Å². The number of amides is 3. The summed E-state index contributed by atoms with van der Waals surface area (Å²) in [7, 11) is 0. The minimum atomic E-state index is -0.294. The van der Waals surface area contributed by atoms with Crippen LogP contribution < -0.4 is 10.6 Å². The van der Waals surface area contributed by atoms with Gasteiger partial charge < -0.3 is 15.5 Å². The minimum Gasteiger partial charge on any atom is -0.336 e. The van der Waals surface area contributed by atoms with Crippen molar-refractivity contribution in [2.24, 2.45) is 0 Å². The van der Waals surface area contributed by atoms with Crippen molar-refractivity contribution in [2.75, 3.05) is 18.4 Å². The Balaban J connectivity index is 1.78. The molecule has 0 aliphatic carbocycles. The van der Waals surface area contributed by atoms with Gasteiger partial charge in [-0.3, -0.25) is 9.78 Å². The normalized spacial score (nSPS) is 9.96. The van der Waals surface area contributed by atoms with E-state index in [9.17, 15) is 9.59 Å². The van der Waals surface area contributed by atoms with Crippen LogP contribution in [0.15, 0.2) is 54.7 Å². The molecule has 2 rings (SSSR count). The van der Waals surface area contributed by atoms with Gasteiger partial charge in [-0.25, -0.2) is 4.79 Å². The molecule has 0 fully saturated rings. The van der Waals surface area contributed by atoms with E-state index in [2.05, 4.69) is 15.6 Å². The number of urea groups is 1. The second kappa shape index (κ2) is 8.53. The Morgan fingerprint density at radius 3 is 2.48 bits per heavy atom. The molecule has 0 atom stereocenters. The lowest BCUT2D eigenvalue weighted by Crippen LogP contribution is -2.38. The molecule has 0 saturated heterocycles. The highest BCUT2D eigenvalue weighted by Crippen LogP contribution is 2.04. The van der Waals surface area contributed by atoms with E-state index in [4.69, 9.17) is 0 Å². The number of pyridine rings is 1. The Morgan fingerprint density at radius 1 is 1.09 bits per heavy atom. The van der Waals surface area contributed by atoms with Crippen molar-refractivity contribution in [3.63, 3.8) is 0 Å². The van der Waals surface area contributed by atoms with E-state index in [-0.39, 0.29) is 11.9 Å². The number of rotatable bonds is 6. The first-order valence-electron chi connectivity index (χ1n) is 7.40. The van der Waals surface area contributed by atoms with Gasteiger partial charge in [0, 0.05) is 31.9 Å². The van der Waals surface area contributed by atoms with Crippen LogP contribution >= 0.6 is 0 Å². The number of anilines is 1. The van der Waals surface area contributed by atoms with Crippen LogP contribution in [0.1, 0.15) is 12.6 Å². The molecule has 1 aromatic carbocycles. The zero-order valence-corrected chi connectivity index (χ0v) is 13.0. The highest BCUT2D eigenvalue weighted by Gasteiger charge is 2.10. The molecule has 0 saturated carbocycles. The lowest BCUT2D eigenvalue weighted by atomic mass is 10.3. The van der Waals surface area contributed by atoms with Gasteiger partial charge >= 0.3 is 6.03 Å². The third kappa shape index (κ3) is 5.78. The summed E-state index contributed by atoms with van der Waals surface area (Å²) >= 11 is 0. The SMILES string of the molecule is CC(=O)N(CCNC(=O)Nc1ccccc1)Cc1ccccn1. The Hall–Kier alpha value is -2.89. The zero-order valence-electron chi connectivity index (χ0n) is 13.0. The molecular formula is C17H20N4O2. The summed E-state index contributed by atoms with van der Waals surface area (Å²) in [5.41, 5.74) is 1.54. The summed E-state index contributed by atoms with van der Waals surface area (Å²) in [5, 5.41) is 5.47. The lowest BCUT2D eigenvalue weighted by molar-refractivity contribution is -0.129. The Labute approximate surface area is 135 Å². The van der Waals surface area contributed by atoms with Gasteiger partial charge in [0.05, 0.1) is 12.2 Å². The Morgan fingerprint density at radius 2 is 1.83 bits per heavy atom. The molecule has 2 N–H and O–H groups in total. The first-order chi connectivity index (χ1) is 11.1. The van der Waals surface area contributed by atoms with Crippen LogP contribution in [0.2, 0.25) is 0 Å². The number of hydrogen-bond acceptors (Lipinski definition) is 3. The van der Waals surface area contributed by atoms with Gasteiger partial charge in [0.1, 0.15) is 0 Å². The molecule has 0 bridgehead atoms. The predicted molar refractivity (Wildman–Crippen MR) is 88.8 cm³/mol. The number of aromatic nitrogens is 1. The number of hydrogen-bond donors (Lipinski definition) is 2. The highest BCUT2D eigenvalue weighted by molar-refractivity contribution is 5.89. The summed E-state index contributed by atoms with van der Waals surface area (Å²) in [6, 6.07) is 14.5. The summed E-state index contributed by atoms with van der Waals surface area (Å²) in [6.07, 6.45) is 1.69. The first kappa shape index (κ1) is 16.5. The molecule has 6 nitrogen and oxygen atoms in total. The predicted octanol–water partition coefficient (Wildman–Crippen LogP) is 2.25. The topological polar surface area (TPSA) is 74.3 Å². The standard InChI is InChI=1S/C17H20N4O2/c1-14(22)21(13-16-9-5-6-10-18-16)12-11-19-17(23)20-15-7-3-2-4-8-15/h2-10H,11-13H2,1H3,(H2,19,20,23). The second-order valence-electron chi connectivity index (χ2n) is 5.01. The van der Waals surface area contributed by atoms with Crippen molar-refractivity contribution < 1.29 is 9.59 Å². The van der Waals surface area contributed by atoms with E-state index >= 15 is 0 Å². The maximum atomic E-state index is 11.8. The number of carbonyl (C=O) groups is 2. The molecule has 3 amide bonds. The third-order valence-electron chi connectivity index (χ3n) is 3.22. The molecule has 0 aliphatic heterocycles. The Bertz CT molecular complexity index is 632. The average molecular weight is 312 g/mol. The Kier molecular flexibility index (Phi) is 6.11. The van der Waals surface area contributed by atoms with Crippen LogP contribution in [0, 0.1) is 0 Å². The van der Waals surface area contributed by atoms with Crippen molar-refractivity contribution in [1.29, 1.82) is 0 Å². The summed E-state index contributed by atoms with van der Waals surface area (Å²) in [5.74, 6) is -0.0547. The van der Waals surface area contributed by atoms with E-state index < -0.39 is 0 Å². The molecule has 0 radical (unpaired) electrons. The molecule has 23 heavy (non-hydrogen) atoms. The highest BCUT2D eigenvalue weighted by atomic mass is 16.2. The third-order valence-corrected chi connectivity index (χ3v) is 3.22. The van der Waals surface area contributed by atoms with Gasteiger partial charge in [0.25, 0.3) is 0 Å². The fourth-order valence-corrected chi connectivity index (χ4v) is 2.04. The van der Waals surface area contributed by atoms with Gasteiger partial charge in [0.15, 0.2) is 0 Å². The van der Waals surface area contributed by atoms with Gasteiger partial charge in [-0.1, -0.05) is 24.3 Å². The van der Waals surface area contributed by atoms with Crippen LogP contribution in [-0.2, 0) is 11.3 Å². The quantitative estimate of drug-likeness (QED) is 0.859. The molecule has 0 unspecified atom stereocenters. The number of carbonyl (C=O) groups excluding carboxylic acids is 2. The molecule has 6 heteroatoms. The average Bonchev–Trinajstić information content (AvgIpc) is 2.55. The van der Waals surface area contributed by atoms with E-state index in [1.54, 1.807) is 11.1 Å². The minimum absolute atomic E-state index is 0.0547. The van der Waals surface area contributed by atoms with E-state index in [1.807, 2.05) is 48.5 Å².